The van der Waals surface area contributed by atoms with Crippen molar-refractivity contribution in [2.75, 3.05) is 19.8 Å². The van der Waals surface area contributed by atoms with Gasteiger partial charge in [0, 0.05) is 35.5 Å². The van der Waals surface area contributed by atoms with Gasteiger partial charge in [0.05, 0.1) is 25.1 Å². The minimum absolute atomic E-state index is 0.0352. The predicted octanol–water partition coefficient (Wildman–Crippen LogP) is 3.51. The monoisotopic (exact) mass is 475 g/mol. The number of hydrogen-bond donors (Lipinski definition) is 1. The van der Waals surface area contributed by atoms with Crippen molar-refractivity contribution in [1.29, 1.82) is 0 Å². The fourth-order valence-electron chi connectivity index (χ4n) is 4.05. The molecule has 1 aromatic carbocycles. The summed E-state index contributed by atoms with van der Waals surface area (Å²) in [4.78, 5) is 30.0. The van der Waals surface area contributed by atoms with Crippen LogP contribution in [0, 0.1) is 22.9 Å². The number of carboxylic acids is 1. The Morgan fingerprint density at radius 3 is 2.65 bits per heavy atom. The fourth-order valence-corrected chi connectivity index (χ4v) is 4.05. The van der Waals surface area contributed by atoms with Gasteiger partial charge in [-0.05, 0) is 44.0 Å². The van der Waals surface area contributed by atoms with Gasteiger partial charge in [0.25, 0.3) is 0 Å². The molecule has 0 saturated carbocycles. The molecular formula is C24H24F3N3O4. The van der Waals surface area contributed by atoms with Crippen LogP contribution >= 0.6 is 0 Å². The van der Waals surface area contributed by atoms with E-state index in [2.05, 4.69) is 4.98 Å². The maximum Gasteiger partial charge on any atom is 0.311 e. The zero-order chi connectivity index (χ0) is 24.6. The Labute approximate surface area is 193 Å². The zero-order valence-electron chi connectivity index (χ0n) is 18.8. The lowest BCUT2D eigenvalue weighted by molar-refractivity contribution is -0.153. The van der Waals surface area contributed by atoms with Crippen molar-refractivity contribution in [2.24, 2.45) is 5.41 Å². The summed E-state index contributed by atoms with van der Waals surface area (Å²) in [5, 5.41) is 10.0. The molecule has 1 N–H and O–H groups in total. The van der Waals surface area contributed by atoms with Gasteiger partial charge in [0.1, 0.15) is 18.1 Å². The molecule has 180 valence electrons. The van der Waals surface area contributed by atoms with Gasteiger partial charge in [-0.2, -0.15) is 0 Å². The van der Waals surface area contributed by atoms with Gasteiger partial charge in [0.2, 0.25) is 5.91 Å². The second-order valence-corrected chi connectivity index (χ2v) is 8.99. The van der Waals surface area contributed by atoms with E-state index in [9.17, 15) is 27.9 Å². The zero-order valence-corrected chi connectivity index (χ0v) is 18.8. The summed E-state index contributed by atoms with van der Waals surface area (Å²) < 4.78 is 48.7. The first-order chi connectivity index (χ1) is 16.1. The van der Waals surface area contributed by atoms with Gasteiger partial charge in [-0.25, -0.2) is 18.2 Å². The molecule has 1 aliphatic rings. The summed E-state index contributed by atoms with van der Waals surface area (Å²) in [5.41, 5.74) is 1.09. The summed E-state index contributed by atoms with van der Waals surface area (Å²) in [6, 6.07) is 5.01. The maximum atomic E-state index is 14.4. The van der Waals surface area contributed by atoms with E-state index in [1.54, 1.807) is 21.7 Å². The van der Waals surface area contributed by atoms with Crippen molar-refractivity contribution < 1.29 is 32.6 Å². The molecule has 34 heavy (non-hydrogen) atoms. The van der Waals surface area contributed by atoms with Gasteiger partial charge >= 0.3 is 5.97 Å². The second-order valence-electron chi connectivity index (χ2n) is 8.99. The van der Waals surface area contributed by atoms with E-state index < -0.39 is 28.8 Å². The standard InChI is InChI=1S/C24H24F3N3O4/c1-24(2,23(32)33)13-34-12-21(31)29-7-5-15-16-4-3-6-28-22(16)30(20(15)11-29)10-14-8-18(26)19(27)9-17(14)25/h3-4,6,8-9H,5,7,10-13H2,1-2H3,(H,32,33). The molecule has 0 spiro atoms. The molecule has 0 saturated heterocycles. The first-order valence-electron chi connectivity index (χ1n) is 10.8. The van der Waals surface area contributed by atoms with E-state index in [1.807, 2.05) is 6.07 Å². The smallest absolute Gasteiger partial charge is 0.311 e. The summed E-state index contributed by atoms with van der Waals surface area (Å²) in [5.74, 6) is -4.61. The van der Waals surface area contributed by atoms with Crippen LogP contribution in [0.5, 0.6) is 0 Å². The minimum atomic E-state index is -1.26. The van der Waals surface area contributed by atoms with Crippen LogP contribution in [0.25, 0.3) is 11.0 Å². The molecular weight excluding hydrogens is 451 g/mol. The molecule has 3 heterocycles. The van der Waals surface area contributed by atoms with Crippen molar-refractivity contribution in [3.8, 4) is 0 Å². The minimum Gasteiger partial charge on any atom is -0.481 e. The van der Waals surface area contributed by atoms with Crippen molar-refractivity contribution in [3.05, 3.63) is 64.7 Å². The van der Waals surface area contributed by atoms with Gasteiger partial charge in [0.15, 0.2) is 11.6 Å². The molecule has 4 rings (SSSR count). The number of carbonyl (C=O) groups is 2. The Kier molecular flexibility index (Phi) is 6.35. The van der Waals surface area contributed by atoms with Crippen LogP contribution in [0.1, 0.15) is 30.7 Å². The van der Waals surface area contributed by atoms with Crippen molar-refractivity contribution in [3.63, 3.8) is 0 Å². The molecule has 10 heteroatoms. The van der Waals surface area contributed by atoms with Gasteiger partial charge < -0.3 is 19.3 Å². The lowest BCUT2D eigenvalue weighted by Crippen LogP contribution is -2.40. The fraction of sp³-hybridized carbons (Fsp3) is 0.375. The van der Waals surface area contributed by atoms with E-state index in [-0.39, 0.29) is 37.8 Å². The SMILES string of the molecule is CC(C)(COCC(=O)N1CCc2c(n(Cc3cc(F)c(F)cc3F)c3ncccc23)C1)C(=O)O. The quantitative estimate of drug-likeness (QED) is 0.529. The molecule has 2 aromatic heterocycles. The van der Waals surface area contributed by atoms with Crippen LogP contribution in [-0.4, -0.2) is 51.2 Å². The molecule has 1 aliphatic heterocycles. The number of rotatable bonds is 7. The molecule has 0 unspecified atom stereocenters. The largest absolute Gasteiger partial charge is 0.481 e. The number of amides is 1. The number of pyridine rings is 1. The van der Waals surface area contributed by atoms with Crippen LogP contribution < -0.4 is 0 Å². The Balaban J connectivity index is 1.59. The number of benzene rings is 1. The average molecular weight is 475 g/mol. The first-order valence-corrected chi connectivity index (χ1v) is 10.8. The van der Waals surface area contributed by atoms with Crippen LogP contribution in [0.15, 0.2) is 30.5 Å². The highest BCUT2D eigenvalue weighted by atomic mass is 19.2. The number of hydrogen-bond acceptors (Lipinski definition) is 4. The highest BCUT2D eigenvalue weighted by molar-refractivity contribution is 5.84. The highest BCUT2D eigenvalue weighted by Gasteiger charge is 2.30. The number of ether oxygens (including phenoxy) is 1. The normalized spacial score (nSPS) is 13.9. The molecule has 0 radical (unpaired) electrons. The number of carboxylic acid groups (broad SMARTS) is 1. The maximum absolute atomic E-state index is 14.4. The third-order valence-electron chi connectivity index (χ3n) is 6.05. The molecule has 7 nitrogen and oxygen atoms in total. The molecule has 0 bridgehead atoms. The molecule has 0 atom stereocenters. The second kappa shape index (κ2) is 9.09. The first kappa shape index (κ1) is 23.7. The third-order valence-corrected chi connectivity index (χ3v) is 6.05. The number of nitrogens with zero attached hydrogens (tertiary/aromatic N) is 3. The van der Waals surface area contributed by atoms with E-state index in [1.165, 1.54) is 13.8 Å². The molecule has 1 amide bonds. The van der Waals surface area contributed by atoms with E-state index in [0.29, 0.717) is 24.7 Å². The Morgan fingerprint density at radius 1 is 1.18 bits per heavy atom. The summed E-state index contributed by atoms with van der Waals surface area (Å²) in [7, 11) is 0. The third kappa shape index (κ3) is 4.50. The van der Waals surface area contributed by atoms with Gasteiger partial charge in [-0.15, -0.1) is 0 Å². The van der Waals surface area contributed by atoms with E-state index >= 15 is 0 Å². The molecule has 3 aromatic rings. The number of halogens is 3. The lowest BCUT2D eigenvalue weighted by atomic mass is 9.95. The summed E-state index contributed by atoms with van der Waals surface area (Å²) in [6.45, 7) is 3.16. The Hall–Kier alpha value is -3.40. The average Bonchev–Trinajstić information content (AvgIpc) is 3.10. The van der Waals surface area contributed by atoms with Crippen molar-refractivity contribution in [1.82, 2.24) is 14.5 Å². The molecule has 0 aliphatic carbocycles. The lowest BCUT2D eigenvalue weighted by Gasteiger charge is -2.29. The topological polar surface area (TPSA) is 84.7 Å². The number of aromatic nitrogens is 2. The van der Waals surface area contributed by atoms with E-state index in [4.69, 9.17) is 4.74 Å². The van der Waals surface area contributed by atoms with Crippen LogP contribution in [0.3, 0.4) is 0 Å². The summed E-state index contributed by atoms with van der Waals surface area (Å²) in [6.07, 6.45) is 2.12. The van der Waals surface area contributed by atoms with Crippen LogP contribution in [0.2, 0.25) is 0 Å². The van der Waals surface area contributed by atoms with Gasteiger partial charge in [-0.1, -0.05) is 0 Å². The number of fused-ring (bicyclic) bond motifs is 3. The van der Waals surface area contributed by atoms with Gasteiger partial charge in [-0.3, -0.25) is 9.59 Å². The number of carbonyl (C=O) groups excluding carboxylic acids is 1. The highest BCUT2D eigenvalue weighted by Crippen LogP contribution is 2.31. The van der Waals surface area contributed by atoms with Crippen LogP contribution in [-0.2, 0) is 33.8 Å². The number of aliphatic carboxylic acids is 1. The van der Waals surface area contributed by atoms with Crippen LogP contribution in [0.4, 0.5) is 13.2 Å². The van der Waals surface area contributed by atoms with Crippen molar-refractivity contribution >= 4 is 22.9 Å². The summed E-state index contributed by atoms with van der Waals surface area (Å²) >= 11 is 0. The Bertz CT molecular complexity index is 1270. The molecule has 0 fully saturated rings. The predicted molar refractivity (Wildman–Crippen MR) is 117 cm³/mol. The van der Waals surface area contributed by atoms with E-state index in [0.717, 1.165) is 22.7 Å². The van der Waals surface area contributed by atoms with Crippen molar-refractivity contribution in [2.45, 2.75) is 33.4 Å². The Morgan fingerprint density at radius 2 is 1.91 bits per heavy atom.